The normalized spacial score (nSPS) is 14.0. The highest BCUT2D eigenvalue weighted by atomic mass is 28.3. The van der Waals surface area contributed by atoms with Crippen LogP contribution in [0, 0.1) is 0 Å². The van der Waals surface area contributed by atoms with Crippen LogP contribution in [0.3, 0.4) is 0 Å². The molecule has 2 atom stereocenters. The minimum Gasteiger partial charge on any atom is -0.388 e. The number of hydrogen-bond donors (Lipinski definition) is 1. The van der Waals surface area contributed by atoms with Gasteiger partial charge in [-0.25, -0.2) is 0 Å². The molecule has 1 nitrogen and oxygen atoms in total. The molecule has 0 radical (unpaired) electrons. The molecule has 0 aromatic heterocycles. The highest BCUT2D eigenvalue weighted by Crippen LogP contribution is 2.35. The maximum absolute atomic E-state index is 10.9. The molecule has 0 heterocycles. The zero-order valence-electron chi connectivity index (χ0n) is 15.0. The standard InChI is InChI=1S/C23H26OSi/c1-25(2,21-16-10-5-11-17-21)23(20-14-8-4-9-15-20)18-22(24)19-12-6-3-7-13-19/h3-17,22-24H,18H2,1-2H3/t22-,23+/m0/s1. The van der Waals surface area contributed by atoms with Gasteiger partial charge < -0.3 is 5.11 Å². The molecular weight excluding hydrogens is 320 g/mol. The van der Waals surface area contributed by atoms with Crippen LogP contribution in [0.5, 0.6) is 0 Å². The van der Waals surface area contributed by atoms with Gasteiger partial charge >= 0.3 is 0 Å². The monoisotopic (exact) mass is 346 g/mol. The molecule has 128 valence electrons. The molecule has 0 saturated heterocycles. The third-order valence-corrected chi connectivity index (χ3v) is 9.37. The van der Waals surface area contributed by atoms with E-state index in [1.54, 1.807) is 0 Å². The molecule has 0 fully saturated rings. The second-order valence-corrected chi connectivity index (χ2v) is 11.9. The average molecular weight is 347 g/mol. The van der Waals surface area contributed by atoms with Crippen molar-refractivity contribution in [2.45, 2.75) is 31.2 Å². The van der Waals surface area contributed by atoms with Crippen molar-refractivity contribution >= 4 is 13.3 Å². The van der Waals surface area contributed by atoms with Crippen molar-refractivity contribution in [3.8, 4) is 0 Å². The molecule has 0 unspecified atom stereocenters. The topological polar surface area (TPSA) is 20.2 Å². The predicted molar refractivity (Wildman–Crippen MR) is 109 cm³/mol. The van der Waals surface area contributed by atoms with Crippen LogP contribution in [0.2, 0.25) is 13.1 Å². The quantitative estimate of drug-likeness (QED) is 0.619. The Kier molecular flexibility index (Phi) is 5.52. The first-order valence-electron chi connectivity index (χ1n) is 8.92. The Bertz CT molecular complexity index is 769. The zero-order chi connectivity index (χ0) is 17.7. The Morgan fingerprint density at radius 2 is 1.12 bits per heavy atom. The summed E-state index contributed by atoms with van der Waals surface area (Å²) in [4.78, 5) is 0. The van der Waals surface area contributed by atoms with Crippen LogP contribution in [0.15, 0.2) is 91.0 Å². The first kappa shape index (κ1) is 17.7. The molecule has 0 spiro atoms. The molecule has 3 aromatic carbocycles. The van der Waals surface area contributed by atoms with Crippen LogP contribution in [-0.4, -0.2) is 13.2 Å². The molecule has 3 rings (SSSR count). The fraction of sp³-hybridized carbons (Fsp3) is 0.217. The van der Waals surface area contributed by atoms with Gasteiger partial charge in [-0.1, -0.05) is 109 Å². The minimum atomic E-state index is -1.81. The van der Waals surface area contributed by atoms with Crippen LogP contribution in [0.25, 0.3) is 0 Å². The van der Waals surface area contributed by atoms with Gasteiger partial charge in [-0.2, -0.15) is 0 Å². The van der Waals surface area contributed by atoms with E-state index in [4.69, 9.17) is 0 Å². The lowest BCUT2D eigenvalue weighted by Gasteiger charge is -2.35. The fourth-order valence-corrected chi connectivity index (χ4v) is 6.93. The number of benzene rings is 3. The summed E-state index contributed by atoms with van der Waals surface area (Å²) in [6.45, 7) is 4.83. The first-order chi connectivity index (χ1) is 12.1. The summed E-state index contributed by atoms with van der Waals surface area (Å²) in [6.07, 6.45) is 0.309. The summed E-state index contributed by atoms with van der Waals surface area (Å²) >= 11 is 0. The Balaban J connectivity index is 1.96. The van der Waals surface area contributed by atoms with E-state index >= 15 is 0 Å². The predicted octanol–water partition coefficient (Wildman–Crippen LogP) is 5.05. The number of hydrogen-bond acceptors (Lipinski definition) is 1. The molecule has 0 aliphatic heterocycles. The van der Waals surface area contributed by atoms with Crippen molar-refractivity contribution in [1.29, 1.82) is 0 Å². The summed E-state index contributed by atoms with van der Waals surface area (Å²) in [5, 5.41) is 12.3. The summed E-state index contributed by atoms with van der Waals surface area (Å²) in [5.41, 5.74) is 2.69. The van der Waals surface area contributed by atoms with Crippen molar-refractivity contribution < 1.29 is 5.11 Å². The van der Waals surface area contributed by atoms with Gasteiger partial charge in [0, 0.05) is 0 Å². The van der Waals surface area contributed by atoms with Crippen LogP contribution in [0.1, 0.15) is 29.2 Å². The maximum Gasteiger partial charge on any atom is 0.0880 e. The van der Waals surface area contributed by atoms with Crippen LogP contribution >= 0.6 is 0 Å². The molecule has 25 heavy (non-hydrogen) atoms. The highest BCUT2D eigenvalue weighted by Gasteiger charge is 2.36. The van der Waals surface area contributed by atoms with Gasteiger partial charge in [-0.05, 0) is 23.1 Å². The summed E-state index contributed by atoms with van der Waals surface area (Å²) in [5.74, 6) is 0. The molecule has 0 aliphatic carbocycles. The third kappa shape index (κ3) is 4.09. The van der Waals surface area contributed by atoms with E-state index in [1.165, 1.54) is 10.8 Å². The Hall–Kier alpha value is -2.16. The zero-order valence-corrected chi connectivity index (χ0v) is 16.0. The first-order valence-corrected chi connectivity index (χ1v) is 12.0. The third-order valence-electron chi connectivity index (χ3n) is 5.23. The molecule has 0 amide bonds. The van der Waals surface area contributed by atoms with Crippen molar-refractivity contribution in [2.24, 2.45) is 0 Å². The van der Waals surface area contributed by atoms with Crippen LogP contribution in [-0.2, 0) is 0 Å². The molecule has 0 bridgehead atoms. The SMILES string of the molecule is C[Si](C)(c1ccccc1)[C@H](C[C@H](O)c1ccccc1)c1ccccc1. The molecule has 0 saturated carbocycles. The van der Waals surface area contributed by atoms with E-state index in [0.29, 0.717) is 5.54 Å². The summed E-state index contributed by atoms with van der Waals surface area (Å²) in [7, 11) is -1.81. The molecule has 1 N–H and O–H groups in total. The molecule has 2 heteroatoms. The summed E-state index contributed by atoms with van der Waals surface area (Å²) in [6, 6.07) is 31.5. The smallest absolute Gasteiger partial charge is 0.0880 e. The summed E-state index contributed by atoms with van der Waals surface area (Å²) < 4.78 is 0. The van der Waals surface area contributed by atoms with Gasteiger partial charge in [0.25, 0.3) is 0 Å². The van der Waals surface area contributed by atoms with Crippen molar-refractivity contribution in [3.05, 3.63) is 102 Å². The second kappa shape index (κ2) is 7.81. The Labute approximate surface area is 152 Å². The van der Waals surface area contributed by atoms with Gasteiger partial charge in [0.05, 0.1) is 14.2 Å². The lowest BCUT2D eigenvalue weighted by Crippen LogP contribution is -2.48. The molecule has 3 aromatic rings. The van der Waals surface area contributed by atoms with E-state index in [2.05, 4.69) is 73.8 Å². The van der Waals surface area contributed by atoms with Crippen LogP contribution < -0.4 is 5.19 Å². The van der Waals surface area contributed by atoms with Crippen molar-refractivity contribution in [2.75, 3.05) is 0 Å². The van der Waals surface area contributed by atoms with E-state index in [1.807, 2.05) is 30.3 Å². The molecular formula is C23H26OSi. The van der Waals surface area contributed by atoms with E-state index in [9.17, 15) is 5.11 Å². The number of rotatable bonds is 6. The lowest BCUT2D eigenvalue weighted by molar-refractivity contribution is 0.165. The van der Waals surface area contributed by atoms with E-state index < -0.39 is 14.2 Å². The van der Waals surface area contributed by atoms with Crippen molar-refractivity contribution in [3.63, 3.8) is 0 Å². The van der Waals surface area contributed by atoms with Gasteiger partial charge in [-0.3, -0.25) is 0 Å². The van der Waals surface area contributed by atoms with Gasteiger partial charge in [0.15, 0.2) is 0 Å². The van der Waals surface area contributed by atoms with Gasteiger partial charge in [0.1, 0.15) is 0 Å². The second-order valence-electron chi connectivity index (χ2n) is 7.21. The molecule has 0 aliphatic rings. The van der Waals surface area contributed by atoms with Gasteiger partial charge in [-0.15, -0.1) is 0 Å². The minimum absolute atomic E-state index is 0.353. The Morgan fingerprint density at radius 1 is 0.680 bits per heavy atom. The fourth-order valence-electron chi connectivity index (χ4n) is 3.64. The van der Waals surface area contributed by atoms with Crippen LogP contribution in [0.4, 0.5) is 0 Å². The number of aliphatic hydroxyl groups excluding tert-OH is 1. The largest absolute Gasteiger partial charge is 0.388 e. The van der Waals surface area contributed by atoms with Crippen molar-refractivity contribution in [1.82, 2.24) is 0 Å². The maximum atomic E-state index is 10.9. The lowest BCUT2D eigenvalue weighted by atomic mass is 10.0. The highest BCUT2D eigenvalue weighted by molar-refractivity contribution is 6.90. The average Bonchev–Trinajstić information content (AvgIpc) is 2.68. The van der Waals surface area contributed by atoms with E-state index in [0.717, 1.165) is 12.0 Å². The number of aliphatic hydroxyl groups is 1. The Morgan fingerprint density at radius 3 is 1.64 bits per heavy atom. The van der Waals surface area contributed by atoms with E-state index in [-0.39, 0.29) is 0 Å². The van der Waals surface area contributed by atoms with Gasteiger partial charge in [0.2, 0.25) is 0 Å².